The minimum atomic E-state index is -1.59. The van der Waals surface area contributed by atoms with E-state index in [1.165, 1.54) is 6.07 Å². The fraction of sp³-hybridized carbons (Fsp3) is 0.125. The third-order valence-corrected chi connectivity index (χ3v) is 2.25. The summed E-state index contributed by atoms with van der Waals surface area (Å²) in [6, 6.07) is 4.68. The molecule has 1 rings (SSSR count). The number of anilines is 1. The molecule has 14 heavy (non-hydrogen) atoms. The van der Waals surface area contributed by atoms with E-state index in [1.807, 2.05) is 0 Å². The highest BCUT2D eigenvalue weighted by molar-refractivity contribution is 7.80. The summed E-state index contributed by atoms with van der Waals surface area (Å²) >= 11 is 4.06. The molecule has 0 aliphatic heterocycles. The number of hydrogen-bond acceptors (Lipinski definition) is 5. The molecule has 0 heterocycles. The highest BCUT2D eigenvalue weighted by Crippen LogP contribution is 2.27. The Hall–Kier alpha value is -1.24. The van der Waals surface area contributed by atoms with Gasteiger partial charge in [-0.25, -0.2) is 4.79 Å². The Morgan fingerprint density at radius 2 is 2.21 bits per heavy atom. The van der Waals surface area contributed by atoms with E-state index in [0.29, 0.717) is 10.6 Å². The summed E-state index contributed by atoms with van der Waals surface area (Å²) in [4.78, 5) is 10.8. The second-order valence-corrected chi connectivity index (χ2v) is 3.08. The van der Waals surface area contributed by atoms with Crippen molar-refractivity contribution in [2.45, 2.75) is 11.0 Å². The van der Waals surface area contributed by atoms with E-state index in [4.69, 9.17) is 10.9 Å². The van der Waals surface area contributed by atoms with Crippen LogP contribution in [0.5, 0.6) is 0 Å². The van der Waals surface area contributed by atoms with Gasteiger partial charge in [-0.15, -0.1) is 12.6 Å². The third-order valence-electron chi connectivity index (χ3n) is 1.75. The lowest BCUT2D eigenvalue weighted by molar-refractivity contribution is -0.147. The van der Waals surface area contributed by atoms with Gasteiger partial charge >= 0.3 is 5.97 Å². The minimum Gasteiger partial charge on any atom is -0.479 e. The summed E-state index contributed by atoms with van der Waals surface area (Å²) in [5.74, 6) is 3.84. The normalized spacial score (nSPS) is 12.2. The summed E-state index contributed by atoms with van der Waals surface area (Å²) < 4.78 is 0. The summed E-state index contributed by atoms with van der Waals surface area (Å²) in [7, 11) is 0. The van der Waals surface area contributed by atoms with Crippen LogP contribution >= 0.6 is 12.6 Å². The van der Waals surface area contributed by atoms with Gasteiger partial charge in [0.15, 0.2) is 6.10 Å². The average Bonchev–Trinajstić information content (AvgIpc) is 2.17. The van der Waals surface area contributed by atoms with E-state index in [9.17, 15) is 9.90 Å². The summed E-state index contributed by atoms with van der Waals surface area (Å²) in [6.07, 6.45) is -1.59. The Balaban J connectivity index is 3.15. The summed E-state index contributed by atoms with van der Waals surface area (Å²) in [5.41, 5.74) is 3.02. The zero-order valence-corrected chi connectivity index (χ0v) is 8.03. The molecule has 0 saturated carbocycles. The van der Waals surface area contributed by atoms with Gasteiger partial charge in [0.2, 0.25) is 0 Å². The monoisotopic (exact) mass is 214 g/mol. The molecule has 0 aromatic heterocycles. The Morgan fingerprint density at radius 1 is 1.57 bits per heavy atom. The number of nitrogen functional groups attached to an aromatic ring is 1. The fourth-order valence-corrected chi connectivity index (χ4v) is 1.37. The van der Waals surface area contributed by atoms with Gasteiger partial charge in [0.25, 0.3) is 0 Å². The Morgan fingerprint density at radius 3 is 2.71 bits per heavy atom. The number of carboxylic acids is 1. The van der Waals surface area contributed by atoms with Gasteiger partial charge in [0.05, 0.1) is 5.69 Å². The molecule has 1 unspecified atom stereocenters. The van der Waals surface area contributed by atoms with Crippen molar-refractivity contribution in [1.82, 2.24) is 0 Å². The van der Waals surface area contributed by atoms with Crippen LogP contribution in [0.1, 0.15) is 11.7 Å². The van der Waals surface area contributed by atoms with Crippen molar-refractivity contribution in [2.24, 2.45) is 5.84 Å². The van der Waals surface area contributed by atoms with Gasteiger partial charge in [-0.1, -0.05) is 12.1 Å². The van der Waals surface area contributed by atoms with Crippen LogP contribution in [0.2, 0.25) is 0 Å². The molecule has 0 bridgehead atoms. The van der Waals surface area contributed by atoms with Crippen molar-refractivity contribution in [3.8, 4) is 0 Å². The van der Waals surface area contributed by atoms with Crippen LogP contribution in [-0.2, 0) is 4.79 Å². The van der Waals surface area contributed by atoms with Gasteiger partial charge in [0.1, 0.15) is 0 Å². The number of carboxylic acid groups (broad SMARTS) is 1. The summed E-state index contributed by atoms with van der Waals surface area (Å²) in [5, 5.41) is 17.9. The number of benzene rings is 1. The number of aliphatic hydroxyl groups excluding tert-OH is 1. The molecule has 0 spiro atoms. The smallest absolute Gasteiger partial charge is 0.337 e. The zero-order chi connectivity index (χ0) is 10.7. The molecule has 0 aliphatic rings. The molecule has 0 amide bonds. The first-order valence-electron chi connectivity index (χ1n) is 3.77. The van der Waals surface area contributed by atoms with Crippen LogP contribution in [0.4, 0.5) is 5.69 Å². The maximum absolute atomic E-state index is 10.5. The molecule has 76 valence electrons. The number of carbonyl (C=O) groups is 1. The first kappa shape index (κ1) is 10.8. The Labute approximate surface area is 85.9 Å². The maximum atomic E-state index is 10.5. The quantitative estimate of drug-likeness (QED) is 0.285. The average molecular weight is 214 g/mol. The Bertz CT molecular complexity index is 356. The number of rotatable bonds is 3. The second-order valence-electron chi connectivity index (χ2n) is 2.63. The second kappa shape index (κ2) is 4.32. The van der Waals surface area contributed by atoms with E-state index in [-0.39, 0.29) is 5.56 Å². The molecule has 0 saturated heterocycles. The molecule has 0 aliphatic carbocycles. The molecule has 1 aromatic carbocycles. The van der Waals surface area contributed by atoms with Crippen molar-refractivity contribution in [1.29, 1.82) is 0 Å². The number of aliphatic hydroxyl groups is 1. The van der Waals surface area contributed by atoms with Crippen molar-refractivity contribution < 1.29 is 15.0 Å². The highest BCUT2D eigenvalue weighted by atomic mass is 32.1. The largest absolute Gasteiger partial charge is 0.479 e. The van der Waals surface area contributed by atoms with Crippen LogP contribution in [0.25, 0.3) is 0 Å². The lowest BCUT2D eigenvalue weighted by Gasteiger charge is -2.11. The van der Waals surface area contributed by atoms with Crippen LogP contribution < -0.4 is 11.3 Å². The zero-order valence-electron chi connectivity index (χ0n) is 7.14. The predicted octanol–water partition coefficient (Wildman–Crippen LogP) is 0.379. The number of nitrogens with two attached hydrogens (primary N) is 1. The molecular formula is C8H10N2O3S. The fourth-order valence-electron chi connectivity index (χ4n) is 1.03. The van der Waals surface area contributed by atoms with Gasteiger partial charge < -0.3 is 15.6 Å². The van der Waals surface area contributed by atoms with E-state index in [2.05, 4.69) is 18.1 Å². The highest BCUT2D eigenvalue weighted by Gasteiger charge is 2.19. The third kappa shape index (κ3) is 1.98. The van der Waals surface area contributed by atoms with E-state index < -0.39 is 12.1 Å². The molecule has 6 heteroatoms. The molecule has 1 atom stereocenters. The topological polar surface area (TPSA) is 95.6 Å². The number of aliphatic carboxylic acids is 1. The van der Waals surface area contributed by atoms with Crippen LogP contribution in [-0.4, -0.2) is 16.2 Å². The first-order valence-corrected chi connectivity index (χ1v) is 4.22. The van der Waals surface area contributed by atoms with Gasteiger partial charge in [0, 0.05) is 10.5 Å². The molecule has 0 fully saturated rings. The van der Waals surface area contributed by atoms with E-state index >= 15 is 0 Å². The van der Waals surface area contributed by atoms with E-state index in [0.717, 1.165) is 0 Å². The molecule has 5 nitrogen and oxygen atoms in total. The van der Waals surface area contributed by atoms with Gasteiger partial charge in [-0.05, 0) is 6.07 Å². The van der Waals surface area contributed by atoms with Gasteiger partial charge in [-0.3, -0.25) is 5.84 Å². The number of thiol groups is 1. The SMILES string of the molecule is NNc1cccc(C(O)C(=O)O)c1S. The molecular weight excluding hydrogens is 204 g/mol. The number of nitrogens with one attached hydrogen (secondary N) is 1. The number of hydrazine groups is 1. The van der Waals surface area contributed by atoms with Crippen molar-refractivity contribution >= 4 is 24.3 Å². The van der Waals surface area contributed by atoms with Crippen molar-refractivity contribution in [3.05, 3.63) is 23.8 Å². The van der Waals surface area contributed by atoms with Gasteiger partial charge in [-0.2, -0.15) is 0 Å². The van der Waals surface area contributed by atoms with Crippen LogP contribution in [0.15, 0.2) is 23.1 Å². The Kier molecular flexibility index (Phi) is 3.34. The summed E-state index contributed by atoms with van der Waals surface area (Å²) in [6.45, 7) is 0. The standard InChI is InChI=1S/C8H10N2O3S/c9-10-5-3-1-2-4(7(5)14)6(11)8(12)13/h1-3,6,10-11,14H,9H2,(H,12,13). The lowest BCUT2D eigenvalue weighted by atomic mass is 10.1. The van der Waals surface area contributed by atoms with Crippen molar-refractivity contribution in [2.75, 3.05) is 5.43 Å². The molecule has 1 aromatic rings. The molecule has 5 N–H and O–H groups in total. The minimum absolute atomic E-state index is 0.205. The lowest BCUT2D eigenvalue weighted by Crippen LogP contribution is -2.13. The van der Waals surface area contributed by atoms with Crippen molar-refractivity contribution in [3.63, 3.8) is 0 Å². The van der Waals surface area contributed by atoms with Crippen LogP contribution in [0.3, 0.4) is 0 Å². The predicted molar refractivity (Wildman–Crippen MR) is 54.1 cm³/mol. The van der Waals surface area contributed by atoms with E-state index in [1.54, 1.807) is 12.1 Å². The first-order chi connectivity index (χ1) is 6.57. The maximum Gasteiger partial charge on any atom is 0.337 e. The molecule has 0 radical (unpaired) electrons. The van der Waals surface area contributed by atoms with Crippen LogP contribution in [0, 0.1) is 0 Å². The number of hydrogen-bond donors (Lipinski definition) is 5.